The standard InChI is InChI=1S/C16H26N4O/c1-3-4-5-6-10-18-16(17)19-12-14-8-7-9-15(11-14)20-13(2)21/h7-9,11H,3-6,10,12H2,1-2H3,(H,20,21)(H3,17,18,19). The summed E-state index contributed by atoms with van der Waals surface area (Å²) in [4.78, 5) is 15.3. The summed E-state index contributed by atoms with van der Waals surface area (Å²) >= 11 is 0. The van der Waals surface area contributed by atoms with E-state index < -0.39 is 0 Å². The van der Waals surface area contributed by atoms with Gasteiger partial charge >= 0.3 is 0 Å². The summed E-state index contributed by atoms with van der Waals surface area (Å²) in [6.45, 7) is 5.05. The fraction of sp³-hybridized carbons (Fsp3) is 0.500. The fourth-order valence-corrected chi connectivity index (χ4v) is 1.95. The number of benzene rings is 1. The van der Waals surface area contributed by atoms with Gasteiger partial charge in [0.05, 0.1) is 6.54 Å². The topological polar surface area (TPSA) is 79.5 Å². The summed E-state index contributed by atoms with van der Waals surface area (Å²) in [6, 6.07) is 7.61. The molecule has 116 valence electrons. The molecule has 0 saturated carbocycles. The summed E-state index contributed by atoms with van der Waals surface area (Å²) < 4.78 is 0. The van der Waals surface area contributed by atoms with Crippen molar-refractivity contribution in [1.82, 2.24) is 5.32 Å². The number of nitrogens with one attached hydrogen (secondary N) is 2. The minimum Gasteiger partial charge on any atom is -0.370 e. The van der Waals surface area contributed by atoms with Crippen LogP contribution in [0.5, 0.6) is 0 Å². The summed E-state index contributed by atoms with van der Waals surface area (Å²) in [5, 5.41) is 5.87. The van der Waals surface area contributed by atoms with Gasteiger partial charge < -0.3 is 16.4 Å². The lowest BCUT2D eigenvalue weighted by Crippen LogP contribution is -2.32. The molecule has 0 radical (unpaired) electrons. The Bertz CT molecular complexity index is 471. The molecule has 4 N–H and O–H groups in total. The highest BCUT2D eigenvalue weighted by atomic mass is 16.1. The van der Waals surface area contributed by atoms with Crippen molar-refractivity contribution in [3.63, 3.8) is 0 Å². The Kier molecular flexibility index (Phi) is 7.94. The molecule has 0 atom stereocenters. The molecule has 0 spiro atoms. The Morgan fingerprint density at radius 1 is 1.29 bits per heavy atom. The lowest BCUT2D eigenvalue weighted by molar-refractivity contribution is -0.114. The summed E-state index contributed by atoms with van der Waals surface area (Å²) in [5.74, 6) is 0.389. The number of unbranched alkanes of at least 4 members (excludes halogenated alkanes) is 3. The number of amides is 1. The van der Waals surface area contributed by atoms with E-state index in [1.807, 2.05) is 24.3 Å². The summed E-state index contributed by atoms with van der Waals surface area (Å²) in [6.07, 6.45) is 4.82. The smallest absolute Gasteiger partial charge is 0.221 e. The van der Waals surface area contributed by atoms with Crippen LogP contribution in [-0.2, 0) is 11.3 Å². The monoisotopic (exact) mass is 290 g/mol. The van der Waals surface area contributed by atoms with E-state index in [4.69, 9.17) is 5.73 Å². The van der Waals surface area contributed by atoms with Crippen LogP contribution in [0.2, 0.25) is 0 Å². The normalized spacial score (nSPS) is 11.2. The molecule has 1 aromatic rings. The van der Waals surface area contributed by atoms with Crippen LogP contribution < -0.4 is 16.4 Å². The highest BCUT2D eigenvalue weighted by Crippen LogP contribution is 2.11. The van der Waals surface area contributed by atoms with Gasteiger partial charge in [0.2, 0.25) is 5.91 Å². The SMILES string of the molecule is CCCCCCNC(N)=NCc1cccc(NC(C)=O)c1. The molecule has 1 amide bonds. The third-order valence-corrected chi connectivity index (χ3v) is 3.02. The van der Waals surface area contributed by atoms with Crippen LogP contribution in [0.3, 0.4) is 0 Å². The maximum Gasteiger partial charge on any atom is 0.221 e. The van der Waals surface area contributed by atoms with E-state index in [2.05, 4.69) is 22.5 Å². The number of carbonyl (C=O) groups is 1. The van der Waals surface area contributed by atoms with Crippen LogP contribution >= 0.6 is 0 Å². The van der Waals surface area contributed by atoms with Crippen molar-refractivity contribution in [2.75, 3.05) is 11.9 Å². The van der Waals surface area contributed by atoms with E-state index in [-0.39, 0.29) is 5.91 Å². The van der Waals surface area contributed by atoms with Crippen molar-refractivity contribution in [2.45, 2.75) is 46.1 Å². The van der Waals surface area contributed by atoms with Gasteiger partial charge in [-0.05, 0) is 24.1 Å². The van der Waals surface area contributed by atoms with Crippen molar-refractivity contribution in [3.05, 3.63) is 29.8 Å². The first kappa shape index (κ1) is 17.0. The second-order valence-corrected chi connectivity index (χ2v) is 5.07. The Morgan fingerprint density at radius 2 is 2.10 bits per heavy atom. The average molecular weight is 290 g/mol. The van der Waals surface area contributed by atoms with E-state index in [1.165, 1.54) is 26.2 Å². The maximum absolute atomic E-state index is 11.0. The molecular formula is C16H26N4O. The quantitative estimate of drug-likeness (QED) is 0.391. The molecular weight excluding hydrogens is 264 g/mol. The lowest BCUT2D eigenvalue weighted by Gasteiger charge is -2.06. The minimum absolute atomic E-state index is 0.0797. The molecule has 21 heavy (non-hydrogen) atoms. The van der Waals surface area contributed by atoms with Gasteiger partial charge in [-0.25, -0.2) is 4.99 Å². The molecule has 5 nitrogen and oxygen atoms in total. The van der Waals surface area contributed by atoms with Gasteiger partial charge in [0.25, 0.3) is 0 Å². The second kappa shape index (κ2) is 9.80. The van der Waals surface area contributed by atoms with Crippen LogP contribution in [0.4, 0.5) is 5.69 Å². The van der Waals surface area contributed by atoms with Gasteiger partial charge in [-0.3, -0.25) is 4.79 Å². The molecule has 0 aliphatic rings. The Balaban J connectivity index is 2.38. The molecule has 1 rings (SSSR count). The predicted octanol–water partition coefficient (Wildman–Crippen LogP) is 2.63. The molecule has 0 aliphatic heterocycles. The Morgan fingerprint density at radius 3 is 2.81 bits per heavy atom. The van der Waals surface area contributed by atoms with Crippen molar-refractivity contribution >= 4 is 17.6 Å². The van der Waals surface area contributed by atoms with Gasteiger partial charge in [0.15, 0.2) is 5.96 Å². The number of carbonyl (C=O) groups excluding carboxylic acids is 1. The number of aliphatic imine (C=N–C) groups is 1. The number of guanidine groups is 1. The van der Waals surface area contributed by atoms with Gasteiger partial charge in [-0.15, -0.1) is 0 Å². The fourth-order valence-electron chi connectivity index (χ4n) is 1.95. The highest BCUT2D eigenvalue weighted by Gasteiger charge is 1.98. The van der Waals surface area contributed by atoms with E-state index in [0.717, 1.165) is 24.2 Å². The maximum atomic E-state index is 11.0. The van der Waals surface area contributed by atoms with E-state index in [1.54, 1.807) is 0 Å². The van der Waals surface area contributed by atoms with Gasteiger partial charge in [-0.1, -0.05) is 38.3 Å². The van der Waals surface area contributed by atoms with Gasteiger partial charge in [0, 0.05) is 19.2 Å². The molecule has 0 aromatic heterocycles. The lowest BCUT2D eigenvalue weighted by atomic mass is 10.2. The number of anilines is 1. The summed E-state index contributed by atoms with van der Waals surface area (Å²) in [7, 11) is 0. The van der Waals surface area contributed by atoms with Crippen molar-refractivity contribution in [3.8, 4) is 0 Å². The van der Waals surface area contributed by atoms with Crippen LogP contribution in [-0.4, -0.2) is 18.4 Å². The molecule has 0 fully saturated rings. The second-order valence-electron chi connectivity index (χ2n) is 5.07. The third-order valence-electron chi connectivity index (χ3n) is 3.02. The van der Waals surface area contributed by atoms with Crippen LogP contribution in [0.15, 0.2) is 29.3 Å². The highest BCUT2D eigenvalue weighted by molar-refractivity contribution is 5.88. The summed E-state index contributed by atoms with van der Waals surface area (Å²) in [5.41, 5.74) is 7.61. The van der Waals surface area contributed by atoms with Crippen molar-refractivity contribution < 1.29 is 4.79 Å². The van der Waals surface area contributed by atoms with E-state index in [0.29, 0.717) is 12.5 Å². The largest absolute Gasteiger partial charge is 0.370 e. The first-order valence-corrected chi connectivity index (χ1v) is 7.52. The third kappa shape index (κ3) is 7.97. The van der Waals surface area contributed by atoms with Gasteiger partial charge in [0.1, 0.15) is 0 Å². The number of hydrogen-bond acceptors (Lipinski definition) is 2. The number of nitrogens with two attached hydrogens (primary N) is 1. The Hall–Kier alpha value is -2.04. The average Bonchev–Trinajstić information content (AvgIpc) is 2.44. The first-order chi connectivity index (χ1) is 10.1. The van der Waals surface area contributed by atoms with Crippen molar-refractivity contribution in [2.24, 2.45) is 10.7 Å². The van der Waals surface area contributed by atoms with E-state index in [9.17, 15) is 4.79 Å². The molecule has 0 heterocycles. The molecule has 0 unspecified atom stereocenters. The van der Waals surface area contributed by atoms with Crippen LogP contribution in [0, 0.1) is 0 Å². The molecule has 1 aromatic carbocycles. The van der Waals surface area contributed by atoms with Crippen LogP contribution in [0.25, 0.3) is 0 Å². The number of rotatable bonds is 8. The zero-order valence-electron chi connectivity index (χ0n) is 13.0. The first-order valence-electron chi connectivity index (χ1n) is 7.52. The number of hydrogen-bond donors (Lipinski definition) is 3. The zero-order chi connectivity index (χ0) is 15.5. The van der Waals surface area contributed by atoms with E-state index >= 15 is 0 Å². The molecule has 5 heteroatoms. The minimum atomic E-state index is -0.0797. The molecule has 0 aliphatic carbocycles. The number of nitrogens with zero attached hydrogens (tertiary/aromatic N) is 1. The molecule has 0 bridgehead atoms. The molecule has 0 saturated heterocycles. The van der Waals surface area contributed by atoms with Crippen LogP contribution in [0.1, 0.15) is 45.1 Å². The van der Waals surface area contributed by atoms with Crippen molar-refractivity contribution in [1.29, 1.82) is 0 Å². The van der Waals surface area contributed by atoms with Gasteiger partial charge in [-0.2, -0.15) is 0 Å². The predicted molar refractivity (Wildman–Crippen MR) is 88.2 cm³/mol. The zero-order valence-corrected chi connectivity index (χ0v) is 13.0. The Labute approximate surface area is 127 Å².